The lowest BCUT2D eigenvalue weighted by Gasteiger charge is -2.18. The molecule has 0 amide bonds. The Morgan fingerprint density at radius 1 is 1.15 bits per heavy atom. The molecule has 6 heteroatoms. The first-order chi connectivity index (χ1) is 12.7. The van der Waals surface area contributed by atoms with E-state index in [0.717, 1.165) is 56.0 Å². The van der Waals surface area contributed by atoms with Crippen molar-refractivity contribution < 1.29 is 9.68 Å². The Balaban J connectivity index is 1.29. The van der Waals surface area contributed by atoms with Crippen LogP contribution in [0.3, 0.4) is 0 Å². The zero-order valence-corrected chi connectivity index (χ0v) is 15.1. The molecular formula is C20H24N4O2. The lowest BCUT2D eigenvalue weighted by atomic mass is 10.2. The summed E-state index contributed by atoms with van der Waals surface area (Å²) >= 11 is 0. The quantitative estimate of drug-likeness (QED) is 0.678. The van der Waals surface area contributed by atoms with Gasteiger partial charge in [0.2, 0.25) is 0 Å². The Morgan fingerprint density at radius 2 is 2.00 bits per heavy atom. The molecule has 0 aliphatic carbocycles. The van der Waals surface area contributed by atoms with E-state index in [1.54, 1.807) is 12.1 Å². The number of hydroxylamine groups is 3. The lowest BCUT2D eigenvalue weighted by Crippen LogP contribution is -2.23. The number of hydrogen-bond donors (Lipinski definition) is 0. The molecule has 1 aliphatic rings. The van der Waals surface area contributed by atoms with Crippen molar-refractivity contribution in [1.82, 2.24) is 10.0 Å². The summed E-state index contributed by atoms with van der Waals surface area (Å²) in [6, 6.07) is 13.3. The normalized spacial score (nSPS) is 14.4. The molecule has 1 aromatic heterocycles. The number of nitriles is 1. The van der Waals surface area contributed by atoms with E-state index in [0.29, 0.717) is 12.2 Å². The number of pyridine rings is 1. The van der Waals surface area contributed by atoms with Crippen molar-refractivity contribution in [3.8, 4) is 11.8 Å². The molecule has 1 aliphatic heterocycles. The molecule has 0 atom stereocenters. The fourth-order valence-electron chi connectivity index (χ4n) is 2.82. The monoisotopic (exact) mass is 352 g/mol. The van der Waals surface area contributed by atoms with Gasteiger partial charge in [-0.05, 0) is 62.6 Å². The highest BCUT2D eigenvalue weighted by Gasteiger charge is 2.21. The first kappa shape index (κ1) is 18.2. The van der Waals surface area contributed by atoms with Gasteiger partial charge in [-0.15, -0.1) is 0 Å². The van der Waals surface area contributed by atoms with Gasteiger partial charge in [0, 0.05) is 25.0 Å². The SMILES string of the molecule is Cc1cc(N2CCN(CCCCCOc3ccc(C#N)cc3)O2)ccn1. The molecule has 0 radical (unpaired) electrons. The molecule has 136 valence electrons. The number of aryl methyl sites for hydroxylation is 1. The van der Waals surface area contributed by atoms with Gasteiger partial charge in [0.15, 0.2) is 0 Å². The number of hydrogen-bond acceptors (Lipinski definition) is 6. The molecular weight excluding hydrogens is 328 g/mol. The second-order valence-corrected chi connectivity index (χ2v) is 6.31. The third kappa shape index (κ3) is 5.19. The molecule has 3 rings (SSSR count). The van der Waals surface area contributed by atoms with Crippen LogP contribution in [0, 0.1) is 18.3 Å². The standard InChI is InChI=1S/C20H24N4O2/c1-17-15-19(9-10-22-17)24-13-12-23(26-24)11-3-2-4-14-25-20-7-5-18(16-21)6-8-20/h5-10,15H,2-4,11-14H2,1H3. The molecule has 6 nitrogen and oxygen atoms in total. The van der Waals surface area contributed by atoms with Gasteiger partial charge in [0.1, 0.15) is 5.75 Å². The van der Waals surface area contributed by atoms with Crippen LogP contribution in [0.4, 0.5) is 5.69 Å². The van der Waals surface area contributed by atoms with Crippen LogP contribution in [0.1, 0.15) is 30.5 Å². The zero-order valence-electron chi connectivity index (χ0n) is 15.1. The molecule has 1 saturated heterocycles. The number of aromatic nitrogens is 1. The summed E-state index contributed by atoms with van der Waals surface area (Å²) in [4.78, 5) is 10.1. The third-order valence-corrected chi connectivity index (χ3v) is 4.24. The molecule has 26 heavy (non-hydrogen) atoms. The summed E-state index contributed by atoms with van der Waals surface area (Å²) in [5.74, 6) is 0.815. The highest BCUT2D eigenvalue weighted by molar-refractivity contribution is 5.44. The van der Waals surface area contributed by atoms with E-state index < -0.39 is 0 Å². The summed E-state index contributed by atoms with van der Waals surface area (Å²) in [5, 5.41) is 12.7. The molecule has 1 aromatic carbocycles. The molecule has 0 spiro atoms. The summed E-state index contributed by atoms with van der Waals surface area (Å²) in [7, 11) is 0. The van der Waals surface area contributed by atoms with E-state index in [2.05, 4.69) is 11.1 Å². The van der Waals surface area contributed by atoms with Gasteiger partial charge in [0.25, 0.3) is 0 Å². The van der Waals surface area contributed by atoms with Crippen molar-refractivity contribution in [3.05, 3.63) is 53.9 Å². The van der Waals surface area contributed by atoms with Crippen LogP contribution in [0.5, 0.6) is 5.75 Å². The summed E-state index contributed by atoms with van der Waals surface area (Å²) in [6.45, 7) is 5.36. The van der Waals surface area contributed by atoms with Crippen LogP contribution in [-0.4, -0.2) is 36.3 Å². The van der Waals surface area contributed by atoms with Gasteiger partial charge < -0.3 is 4.74 Å². The van der Waals surface area contributed by atoms with Crippen molar-refractivity contribution in [1.29, 1.82) is 5.26 Å². The Labute approximate surface area is 154 Å². The maximum absolute atomic E-state index is 8.77. The number of benzene rings is 1. The molecule has 2 aromatic rings. The number of anilines is 1. The van der Waals surface area contributed by atoms with E-state index in [1.165, 1.54) is 0 Å². The maximum atomic E-state index is 8.77. The highest BCUT2D eigenvalue weighted by Crippen LogP contribution is 2.20. The van der Waals surface area contributed by atoms with Crippen LogP contribution in [0.15, 0.2) is 42.6 Å². The lowest BCUT2D eigenvalue weighted by molar-refractivity contribution is -0.123. The molecule has 0 N–H and O–H groups in total. The second-order valence-electron chi connectivity index (χ2n) is 6.31. The van der Waals surface area contributed by atoms with E-state index in [1.807, 2.05) is 47.5 Å². The van der Waals surface area contributed by atoms with Gasteiger partial charge in [-0.3, -0.25) is 4.98 Å². The zero-order chi connectivity index (χ0) is 18.2. The minimum absolute atomic E-state index is 0.652. The molecule has 2 heterocycles. The van der Waals surface area contributed by atoms with Gasteiger partial charge in [-0.1, -0.05) is 0 Å². The Bertz CT molecular complexity index is 742. The maximum Gasteiger partial charge on any atom is 0.119 e. The van der Waals surface area contributed by atoms with E-state index in [4.69, 9.17) is 14.9 Å². The fraction of sp³-hybridized carbons (Fsp3) is 0.400. The van der Waals surface area contributed by atoms with Crippen LogP contribution in [-0.2, 0) is 4.94 Å². The number of unbranched alkanes of at least 4 members (excludes halogenated alkanes) is 2. The average molecular weight is 352 g/mol. The smallest absolute Gasteiger partial charge is 0.119 e. The van der Waals surface area contributed by atoms with Crippen LogP contribution in [0.2, 0.25) is 0 Å². The van der Waals surface area contributed by atoms with Crippen molar-refractivity contribution in [2.24, 2.45) is 0 Å². The van der Waals surface area contributed by atoms with Crippen LogP contribution < -0.4 is 9.80 Å². The highest BCUT2D eigenvalue weighted by atomic mass is 16.8. The minimum Gasteiger partial charge on any atom is -0.494 e. The number of ether oxygens (including phenoxy) is 1. The van der Waals surface area contributed by atoms with E-state index in [-0.39, 0.29) is 0 Å². The Kier molecular flexibility index (Phi) is 6.42. The van der Waals surface area contributed by atoms with Gasteiger partial charge in [0.05, 0.1) is 30.5 Å². The summed E-state index contributed by atoms with van der Waals surface area (Å²) in [6.07, 6.45) is 4.97. The van der Waals surface area contributed by atoms with Gasteiger partial charge in [-0.2, -0.15) is 15.3 Å². The first-order valence-electron chi connectivity index (χ1n) is 9.01. The molecule has 0 unspecified atom stereocenters. The van der Waals surface area contributed by atoms with Crippen LogP contribution >= 0.6 is 0 Å². The molecule has 0 bridgehead atoms. The largest absolute Gasteiger partial charge is 0.494 e. The van der Waals surface area contributed by atoms with Crippen molar-refractivity contribution in [2.45, 2.75) is 26.2 Å². The van der Waals surface area contributed by atoms with Gasteiger partial charge in [-0.25, -0.2) is 5.06 Å². The third-order valence-electron chi connectivity index (χ3n) is 4.24. The minimum atomic E-state index is 0.652. The van der Waals surface area contributed by atoms with E-state index in [9.17, 15) is 0 Å². The molecule has 1 fully saturated rings. The summed E-state index contributed by atoms with van der Waals surface area (Å²) in [5.41, 5.74) is 2.70. The second kappa shape index (κ2) is 9.18. The fourth-order valence-corrected chi connectivity index (χ4v) is 2.82. The Hall–Kier alpha value is -2.62. The predicted molar refractivity (Wildman–Crippen MR) is 99.5 cm³/mol. The topological polar surface area (TPSA) is 61.6 Å². The van der Waals surface area contributed by atoms with Gasteiger partial charge >= 0.3 is 0 Å². The van der Waals surface area contributed by atoms with Crippen LogP contribution in [0.25, 0.3) is 0 Å². The average Bonchev–Trinajstić information content (AvgIpc) is 3.14. The van der Waals surface area contributed by atoms with E-state index >= 15 is 0 Å². The number of nitrogens with zero attached hydrogens (tertiary/aromatic N) is 4. The van der Waals surface area contributed by atoms with Crippen molar-refractivity contribution in [2.75, 3.05) is 31.3 Å². The summed E-state index contributed by atoms with van der Waals surface area (Å²) < 4.78 is 5.70. The number of rotatable bonds is 8. The predicted octanol–water partition coefficient (Wildman–Crippen LogP) is 3.48. The Morgan fingerprint density at radius 3 is 2.77 bits per heavy atom. The van der Waals surface area contributed by atoms with Crippen molar-refractivity contribution in [3.63, 3.8) is 0 Å². The molecule has 0 saturated carbocycles. The van der Waals surface area contributed by atoms with Crippen molar-refractivity contribution >= 4 is 5.69 Å². The first-order valence-corrected chi connectivity index (χ1v) is 9.01.